The second kappa shape index (κ2) is 10.0. The van der Waals surface area contributed by atoms with Gasteiger partial charge in [0.15, 0.2) is 0 Å². The predicted molar refractivity (Wildman–Crippen MR) is 125 cm³/mol. The number of carbonyl (C=O) groups is 2. The van der Waals surface area contributed by atoms with Crippen LogP contribution >= 0.6 is 0 Å². The van der Waals surface area contributed by atoms with E-state index >= 15 is 0 Å². The highest BCUT2D eigenvalue weighted by Crippen LogP contribution is 2.21. The number of rotatable bonds is 8. The summed E-state index contributed by atoms with van der Waals surface area (Å²) in [4.78, 5) is 23.7. The molecule has 0 spiro atoms. The maximum absolute atomic E-state index is 12.6. The van der Waals surface area contributed by atoms with Crippen LogP contribution in [0.3, 0.4) is 0 Å². The third-order valence-corrected chi connectivity index (χ3v) is 6.48. The number of carbonyl (C=O) groups excluding carboxylic acids is 2. The molecule has 1 unspecified atom stereocenters. The van der Waals surface area contributed by atoms with E-state index < -0.39 is 10.0 Å². The molecule has 0 saturated heterocycles. The highest BCUT2D eigenvalue weighted by Gasteiger charge is 2.17. The van der Waals surface area contributed by atoms with Crippen molar-refractivity contribution in [2.45, 2.75) is 45.2 Å². The molecule has 0 aliphatic rings. The Bertz CT molecular complexity index is 1250. The van der Waals surface area contributed by atoms with Crippen LogP contribution in [-0.4, -0.2) is 20.2 Å². The van der Waals surface area contributed by atoms with Crippen molar-refractivity contribution >= 4 is 27.5 Å². The van der Waals surface area contributed by atoms with Gasteiger partial charge in [0.05, 0.1) is 10.9 Å². The van der Waals surface area contributed by atoms with E-state index in [9.17, 15) is 18.0 Å². The van der Waals surface area contributed by atoms with E-state index in [2.05, 4.69) is 15.4 Å². The summed E-state index contributed by atoms with van der Waals surface area (Å²) in [5, 5.41) is 5.53. The van der Waals surface area contributed by atoms with Crippen LogP contribution in [-0.2, 0) is 21.4 Å². The molecule has 3 aromatic rings. The zero-order valence-corrected chi connectivity index (χ0v) is 19.7. The summed E-state index contributed by atoms with van der Waals surface area (Å²) in [6.07, 6.45) is 0. The Labute approximate surface area is 193 Å². The van der Waals surface area contributed by atoms with E-state index in [-0.39, 0.29) is 29.3 Å². The van der Waals surface area contributed by atoms with Crippen molar-refractivity contribution in [2.75, 3.05) is 5.32 Å². The van der Waals surface area contributed by atoms with Crippen LogP contribution in [0.4, 0.5) is 5.69 Å². The first-order valence-corrected chi connectivity index (χ1v) is 11.9. The lowest BCUT2D eigenvalue weighted by molar-refractivity contribution is -0.114. The molecule has 0 radical (unpaired) electrons. The van der Waals surface area contributed by atoms with Crippen LogP contribution < -0.4 is 15.4 Å². The van der Waals surface area contributed by atoms with Crippen molar-refractivity contribution in [2.24, 2.45) is 0 Å². The zero-order valence-electron chi connectivity index (χ0n) is 18.9. The maximum atomic E-state index is 12.6. The summed E-state index contributed by atoms with van der Waals surface area (Å²) in [6, 6.07) is 14.3. The molecule has 3 N–H and O–H groups in total. The van der Waals surface area contributed by atoms with Crippen molar-refractivity contribution in [3.63, 3.8) is 0 Å². The summed E-state index contributed by atoms with van der Waals surface area (Å²) in [6.45, 7) is 7.06. The van der Waals surface area contributed by atoms with E-state index in [1.807, 2.05) is 26.8 Å². The van der Waals surface area contributed by atoms with Crippen LogP contribution in [0.1, 0.15) is 52.9 Å². The molecule has 33 heavy (non-hydrogen) atoms. The van der Waals surface area contributed by atoms with Gasteiger partial charge in [0, 0.05) is 30.3 Å². The number of aryl methyl sites for hydroxylation is 2. The average Bonchev–Trinajstić information content (AvgIpc) is 3.10. The molecule has 0 bridgehead atoms. The topological polar surface area (TPSA) is 118 Å². The Hall–Kier alpha value is -3.43. The molecule has 1 heterocycles. The number of benzene rings is 2. The second-order valence-electron chi connectivity index (χ2n) is 7.79. The van der Waals surface area contributed by atoms with Crippen molar-refractivity contribution in [3.05, 3.63) is 82.8 Å². The van der Waals surface area contributed by atoms with Crippen molar-refractivity contribution in [1.29, 1.82) is 0 Å². The number of hydrogen-bond acceptors (Lipinski definition) is 5. The van der Waals surface area contributed by atoms with Crippen LogP contribution in [0.25, 0.3) is 0 Å². The van der Waals surface area contributed by atoms with Gasteiger partial charge in [0.1, 0.15) is 11.5 Å². The number of anilines is 1. The SMILES string of the molecule is CC(=O)Nc1ccc(S(=O)(=O)NCc2ccc(C(=O)NC(C)c3cc(C)oc3C)cc2)cc1. The van der Waals surface area contributed by atoms with E-state index in [4.69, 9.17) is 4.42 Å². The molecule has 8 nitrogen and oxygen atoms in total. The summed E-state index contributed by atoms with van der Waals surface area (Å²) >= 11 is 0. The van der Waals surface area contributed by atoms with Gasteiger partial charge >= 0.3 is 0 Å². The Kier molecular flexibility index (Phi) is 7.35. The fraction of sp³-hybridized carbons (Fsp3) is 0.250. The van der Waals surface area contributed by atoms with Gasteiger partial charge in [-0.3, -0.25) is 9.59 Å². The largest absolute Gasteiger partial charge is 0.466 e. The smallest absolute Gasteiger partial charge is 0.251 e. The van der Waals surface area contributed by atoms with Crippen LogP contribution in [0.15, 0.2) is 63.9 Å². The summed E-state index contributed by atoms with van der Waals surface area (Å²) in [5.74, 6) is 1.10. The Morgan fingerprint density at radius 2 is 1.64 bits per heavy atom. The molecule has 0 fully saturated rings. The molecule has 0 aliphatic heterocycles. The van der Waals surface area contributed by atoms with Crippen LogP contribution in [0.5, 0.6) is 0 Å². The molecule has 2 aromatic carbocycles. The maximum Gasteiger partial charge on any atom is 0.251 e. The van der Waals surface area contributed by atoms with Crippen molar-refractivity contribution in [1.82, 2.24) is 10.0 Å². The fourth-order valence-corrected chi connectivity index (χ4v) is 4.41. The minimum Gasteiger partial charge on any atom is -0.466 e. The van der Waals surface area contributed by atoms with E-state index in [0.29, 0.717) is 16.8 Å². The number of furan rings is 1. The van der Waals surface area contributed by atoms with Gasteiger partial charge in [-0.05, 0) is 68.8 Å². The molecule has 3 rings (SSSR count). The van der Waals surface area contributed by atoms with Gasteiger partial charge in [0.25, 0.3) is 5.91 Å². The van der Waals surface area contributed by atoms with E-state index in [1.165, 1.54) is 31.2 Å². The monoisotopic (exact) mass is 469 g/mol. The van der Waals surface area contributed by atoms with Crippen molar-refractivity contribution in [3.8, 4) is 0 Å². The Morgan fingerprint density at radius 3 is 2.18 bits per heavy atom. The molecule has 1 atom stereocenters. The normalized spacial score (nSPS) is 12.2. The standard InChI is InChI=1S/C24H27N3O5S/c1-15-13-23(17(3)32-15)16(2)26-24(29)20-7-5-19(6-8-20)14-25-33(30,31)22-11-9-21(10-12-22)27-18(4)28/h5-13,16,25H,14H2,1-4H3,(H,26,29)(H,27,28). The molecule has 2 amide bonds. The van der Waals surface area contributed by atoms with Gasteiger partial charge in [-0.1, -0.05) is 12.1 Å². The molecule has 9 heteroatoms. The van der Waals surface area contributed by atoms with Gasteiger partial charge in [-0.2, -0.15) is 0 Å². The third kappa shape index (κ3) is 6.30. The highest BCUT2D eigenvalue weighted by molar-refractivity contribution is 7.89. The Balaban J connectivity index is 1.59. The minimum absolute atomic E-state index is 0.0710. The fourth-order valence-electron chi connectivity index (χ4n) is 3.39. The average molecular weight is 470 g/mol. The predicted octanol–water partition coefficient (Wildman–Crippen LogP) is 3.82. The number of hydrogen-bond donors (Lipinski definition) is 3. The lowest BCUT2D eigenvalue weighted by Crippen LogP contribution is -2.27. The lowest BCUT2D eigenvalue weighted by Gasteiger charge is -2.13. The first-order valence-electron chi connectivity index (χ1n) is 10.4. The second-order valence-corrected chi connectivity index (χ2v) is 9.56. The summed E-state index contributed by atoms with van der Waals surface area (Å²) < 4.78 is 33.1. The molecule has 174 valence electrons. The third-order valence-electron chi connectivity index (χ3n) is 5.06. The Morgan fingerprint density at radius 1 is 1.00 bits per heavy atom. The van der Waals surface area contributed by atoms with Gasteiger partial charge in [0.2, 0.25) is 15.9 Å². The van der Waals surface area contributed by atoms with Gasteiger partial charge in [-0.25, -0.2) is 13.1 Å². The quantitative estimate of drug-likeness (QED) is 0.464. The van der Waals surface area contributed by atoms with Gasteiger partial charge in [-0.15, -0.1) is 0 Å². The van der Waals surface area contributed by atoms with Crippen LogP contribution in [0.2, 0.25) is 0 Å². The number of sulfonamides is 1. The summed E-state index contributed by atoms with van der Waals surface area (Å²) in [7, 11) is -3.73. The molecular weight excluding hydrogens is 442 g/mol. The molecular formula is C24H27N3O5S. The van der Waals surface area contributed by atoms with E-state index in [0.717, 1.165) is 17.1 Å². The molecule has 0 saturated carbocycles. The lowest BCUT2D eigenvalue weighted by atomic mass is 10.1. The molecule has 0 aliphatic carbocycles. The first kappa shape index (κ1) is 24.2. The highest BCUT2D eigenvalue weighted by atomic mass is 32.2. The van der Waals surface area contributed by atoms with Crippen LogP contribution in [0, 0.1) is 13.8 Å². The van der Waals surface area contributed by atoms with Crippen molar-refractivity contribution < 1.29 is 22.4 Å². The van der Waals surface area contributed by atoms with Gasteiger partial charge < -0.3 is 15.1 Å². The molecule has 1 aromatic heterocycles. The minimum atomic E-state index is -3.73. The summed E-state index contributed by atoms with van der Waals surface area (Å²) in [5.41, 5.74) is 2.62. The number of nitrogens with one attached hydrogen (secondary N) is 3. The van der Waals surface area contributed by atoms with E-state index in [1.54, 1.807) is 24.3 Å². The number of amides is 2. The first-order chi connectivity index (χ1) is 15.5. The zero-order chi connectivity index (χ0) is 24.2.